The van der Waals surface area contributed by atoms with E-state index >= 15 is 0 Å². The van der Waals surface area contributed by atoms with Gasteiger partial charge in [0.05, 0.1) is 20.8 Å². The van der Waals surface area contributed by atoms with E-state index in [0.29, 0.717) is 13.0 Å². The summed E-state index contributed by atoms with van der Waals surface area (Å²) in [4.78, 5) is 11.0. The molecule has 0 amide bonds. The van der Waals surface area contributed by atoms with E-state index in [9.17, 15) is 4.79 Å². The summed E-state index contributed by atoms with van der Waals surface area (Å²) in [7, 11) is 3.10. The van der Waals surface area contributed by atoms with E-state index in [-0.39, 0.29) is 5.97 Å². The highest BCUT2D eigenvalue weighted by Gasteiger charge is 2.04. The van der Waals surface area contributed by atoms with Crippen molar-refractivity contribution in [1.82, 2.24) is 0 Å². The zero-order chi connectivity index (χ0) is 18.3. The lowest BCUT2D eigenvalue weighted by atomic mass is 10.1. The maximum absolute atomic E-state index is 11.0. The number of unbranched alkanes of at least 4 members (excludes halogenated alkanes) is 7. The molecule has 0 saturated carbocycles. The van der Waals surface area contributed by atoms with Gasteiger partial charge in [-0.05, 0) is 30.5 Å². The highest BCUT2D eigenvalue weighted by molar-refractivity contribution is 5.68. The summed E-state index contributed by atoms with van der Waals surface area (Å²) >= 11 is 0. The minimum Gasteiger partial charge on any atom is -0.493 e. The fourth-order valence-electron chi connectivity index (χ4n) is 2.65. The normalized spacial score (nSPS) is 10.3. The zero-order valence-electron chi connectivity index (χ0n) is 15.7. The summed E-state index contributed by atoms with van der Waals surface area (Å²) in [6.07, 6.45) is 11.5. The first-order valence-corrected chi connectivity index (χ1v) is 9.21. The average molecular weight is 348 g/mol. The number of methoxy groups -OCH3 is 2. The zero-order valence-corrected chi connectivity index (χ0v) is 15.7. The number of rotatable bonds is 14. The van der Waals surface area contributed by atoms with Crippen LogP contribution in [-0.2, 0) is 9.53 Å². The third kappa shape index (κ3) is 9.18. The molecule has 0 aliphatic heterocycles. The van der Waals surface area contributed by atoms with Crippen LogP contribution in [0.5, 0.6) is 11.5 Å². The minimum atomic E-state index is -0.101. The van der Waals surface area contributed by atoms with E-state index in [1.165, 1.54) is 39.2 Å². The quantitative estimate of drug-likeness (QED) is 0.333. The molecule has 140 valence electrons. The van der Waals surface area contributed by atoms with Gasteiger partial charge in [-0.25, -0.2) is 0 Å². The second-order valence-electron chi connectivity index (χ2n) is 6.12. The van der Waals surface area contributed by atoms with E-state index in [0.717, 1.165) is 36.3 Å². The van der Waals surface area contributed by atoms with E-state index in [1.807, 2.05) is 18.2 Å². The second kappa shape index (κ2) is 13.3. The van der Waals surface area contributed by atoms with Gasteiger partial charge in [-0.2, -0.15) is 0 Å². The van der Waals surface area contributed by atoms with Crippen LogP contribution in [0.25, 0.3) is 6.08 Å². The Morgan fingerprint density at radius 3 is 2.20 bits per heavy atom. The van der Waals surface area contributed by atoms with Gasteiger partial charge >= 0.3 is 5.97 Å². The fourth-order valence-corrected chi connectivity index (χ4v) is 2.65. The van der Waals surface area contributed by atoms with Crippen molar-refractivity contribution in [3.05, 3.63) is 30.3 Å². The van der Waals surface area contributed by atoms with E-state index in [2.05, 4.69) is 11.3 Å². The number of carbonyl (C=O) groups is 1. The Kier molecular flexibility index (Phi) is 11.2. The van der Waals surface area contributed by atoms with Crippen LogP contribution in [0.3, 0.4) is 0 Å². The first-order valence-electron chi connectivity index (χ1n) is 9.21. The molecular weight excluding hydrogens is 316 g/mol. The van der Waals surface area contributed by atoms with Gasteiger partial charge in [-0.15, -0.1) is 0 Å². The molecule has 0 saturated heterocycles. The first-order chi connectivity index (χ1) is 12.2. The van der Waals surface area contributed by atoms with Gasteiger partial charge in [0.25, 0.3) is 0 Å². The van der Waals surface area contributed by atoms with E-state index in [4.69, 9.17) is 9.47 Å². The highest BCUT2D eigenvalue weighted by Crippen LogP contribution is 2.28. The van der Waals surface area contributed by atoms with Crippen LogP contribution in [0.1, 0.15) is 63.4 Å². The third-order valence-corrected chi connectivity index (χ3v) is 4.18. The van der Waals surface area contributed by atoms with Crippen LogP contribution in [0.2, 0.25) is 0 Å². The van der Waals surface area contributed by atoms with Gasteiger partial charge in [-0.3, -0.25) is 4.79 Å². The molecule has 25 heavy (non-hydrogen) atoms. The molecule has 1 rings (SSSR count). The molecule has 0 bridgehead atoms. The number of carbonyl (C=O) groups excluding carboxylic acids is 1. The van der Waals surface area contributed by atoms with Gasteiger partial charge in [0.2, 0.25) is 0 Å². The summed E-state index contributed by atoms with van der Waals surface area (Å²) in [5.74, 6) is 1.44. The lowest BCUT2D eigenvalue weighted by molar-refractivity contribution is -0.140. The van der Waals surface area contributed by atoms with Gasteiger partial charge < -0.3 is 14.2 Å². The highest BCUT2D eigenvalue weighted by atomic mass is 16.5. The van der Waals surface area contributed by atoms with Crippen LogP contribution in [0.15, 0.2) is 24.8 Å². The molecule has 0 atom stereocenters. The predicted molar refractivity (Wildman–Crippen MR) is 102 cm³/mol. The predicted octanol–water partition coefficient (Wildman–Crippen LogP) is 5.40. The molecule has 0 aromatic heterocycles. The molecular formula is C21H32O4. The van der Waals surface area contributed by atoms with Crippen LogP contribution in [0, 0.1) is 0 Å². The number of hydrogen-bond acceptors (Lipinski definition) is 4. The monoisotopic (exact) mass is 348 g/mol. The molecule has 1 aromatic carbocycles. The summed E-state index contributed by atoms with van der Waals surface area (Å²) in [6.45, 7) is 4.47. The molecule has 0 N–H and O–H groups in total. The van der Waals surface area contributed by atoms with Crippen molar-refractivity contribution in [2.24, 2.45) is 0 Å². The Balaban J connectivity index is 2.02. The smallest absolute Gasteiger partial charge is 0.305 e. The first kappa shape index (κ1) is 21.1. The number of hydrogen-bond donors (Lipinski definition) is 0. The molecule has 0 spiro atoms. The molecule has 4 heteroatoms. The molecule has 0 aliphatic rings. The number of esters is 1. The molecule has 1 aromatic rings. The Hall–Kier alpha value is -1.97. The maximum atomic E-state index is 11.0. The van der Waals surface area contributed by atoms with Crippen molar-refractivity contribution >= 4 is 12.0 Å². The van der Waals surface area contributed by atoms with Crippen LogP contribution >= 0.6 is 0 Å². The van der Waals surface area contributed by atoms with Crippen LogP contribution in [-0.4, -0.2) is 26.8 Å². The van der Waals surface area contributed by atoms with Crippen molar-refractivity contribution in [1.29, 1.82) is 0 Å². The molecule has 4 nitrogen and oxygen atoms in total. The maximum Gasteiger partial charge on any atom is 0.305 e. The lowest BCUT2D eigenvalue weighted by Gasteiger charge is -2.11. The van der Waals surface area contributed by atoms with Gasteiger partial charge in [0.1, 0.15) is 0 Å². The topological polar surface area (TPSA) is 44.8 Å². The van der Waals surface area contributed by atoms with Gasteiger partial charge in [0, 0.05) is 6.42 Å². The van der Waals surface area contributed by atoms with Gasteiger partial charge in [-0.1, -0.05) is 57.2 Å². The van der Waals surface area contributed by atoms with Crippen LogP contribution in [0.4, 0.5) is 0 Å². The summed E-state index contributed by atoms with van der Waals surface area (Å²) < 4.78 is 15.8. The number of ether oxygens (including phenoxy) is 3. The molecule has 0 unspecified atom stereocenters. The molecule has 0 fully saturated rings. The minimum absolute atomic E-state index is 0.101. The Bertz CT molecular complexity index is 511. The summed E-state index contributed by atoms with van der Waals surface area (Å²) in [5, 5.41) is 0. The van der Waals surface area contributed by atoms with Gasteiger partial charge in [0.15, 0.2) is 11.5 Å². The van der Waals surface area contributed by atoms with E-state index < -0.39 is 0 Å². The summed E-state index contributed by atoms with van der Waals surface area (Å²) in [6, 6.07) is 5.85. The lowest BCUT2D eigenvalue weighted by Crippen LogP contribution is -1.99. The Morgan fingerprint density at radius 2 is 1.60 bits per heavy atom. The molecule has 0 radical (unpaired) electrons. The number of benzene rings is 1. The van der Waals surface area contributed by atoms with Crippen molar-refractivity contribution in [2.45, 2.75) is 57.8 Å². The van der Waals surface area contributed by atoms with Crippen molar-refractivity contribution in [3.8, 4) is 11.5 Å². The third-order valence-electron chi connectivity index (χ3n) is 4.18. The SMILES string of the molecule is C=Cc1ccc(OCCCCCCCCCCC(=O)OC)c(OC)c1. The summed E-state index contributed by atoms with van der Waals surface area (Å²) in [5.41, 5.74) is 1.02. The fraction of sp³-hybridized carbons (Fsp3) is 0.571. The van der Waals surface area contributed by atoms with Crippen LogP contribution < -0.4 is 9.47 Å². The molecule has 0 heterocycles. The standard InChI is InChI=1S/C21H32O4/c1-4-18-14-15-19(20(17-18)23-2)25-16-12-10-8-6-5-7-9-11-13-21(22)24-3/h4,14-15,17H,1,5-13,16H2,2-3H3. The second-order valence-corrected chi connectivity index (χ2v) is 6.12. The largest absolute Gasteiger partial charge is 0.493 e. The van der Waals surface area contributed by atoms with Crippen molar-refractivity contribution in [2.75, 3.05) is 20.8 Å². The molecule has 0 aliphatic carbocycles. The van der Waals surface area contributed by atoms with Crippen molar-refractivity contribution in [3.63, 3.8) is 0 Å². The van der Waals surface area contributed by atoms with E-state index in [1.54, 1.807) is 13.2 Å². The van der Waals surface area contributed by atoms with Crippen molar-refractivity contribution < 1.29 is 19.0 Å². The Morgan fingerprint density at radius 1 is 0.960 bits per heavy atom. The average Bonchev–Trinajstić information content (AvgIpc) is 2.65. The Labute approximate surface area is 152 Å².